The summed E-state index contributed by atoms with van der Waals surface area (Å²) in [5.41, 5.74) is 1.11. The molecule has 1 fully saturated rings. The van der Waals surface area contributed by atoms with Gasteiger partial charge in [0.1, 0.15) is 0 Å². The van der Waals surface area contributed by atoms with Gasteiger partial charge in [-0.3, -0.25) is 4.79 Å². The molecule has 23 heavy (non-hydrogen) atoms. The topological polar surface area (TPSA) is 38.8 Å². The molecular formula is C19H25NO3. The first-order valence-corrected chi connectivity index (χ1v) is 8.43. The van der Waals surface area contributed by atoms with Crippen molar-refractivity contribution in [2.45, 2.75) is 38.1 Å². The average Bonchev–Trinajstić information content (AvgIpc) is 2.88. The van der Waals surface area contributed by atoms with Gasteiger partial charge in [-0.25, -0.2) is 0 Å². The van der Waals surface area contributed by atoms with Crippen molar-refractivity contribution < 1.29 is 14.3 Å². The van der Waals surface area contributed by atoms with Crippen molar-refractivity contribution in [1.29, 1.82) is 0 Å². The molecule has 0 radical (unpaired) electrons. The third-order valence-electron chi connectivity index (χ3n) is 5.05. The van der Waals surface area contributed by atoms with Gasteiger partial charge in [0, 0.05) is 17.9 Å². The highest BCUT2D eigenvalue weighted by Gasteiger charge is 2.48. The van der Waals surface area contributed by atoms with Crippen molar-refractivity contribution in [2.75, 3.05) is 26.8 Å². The van der Waals surface area contributed by atoms with Crippen LogP contribution in [0, 0.1) is 0 Å². The average molecular weight is 315 g/mol. The van der Waals surface area contributed by atoms with E-state index in [9.17, 15) is 4.79 Å². The van der Waals surface area contributed by atoms with E-state index >= 15 is 0 Å². The molecule has 1 aliphatic carbocycles. The predicted molar refractivity (Wildman–Crippen MR) is 90.3 cm³/mol. The number of benzene rings is 1. The first-order valence-electron chi connectivity index (χ1n) is 8.43. The molecule has 2 atom stereocenters. The number of allylic oxidation sites excluding steroid dienone is 1. The molecule has 0 saturated carbocycles. The number of carbonyl (C=O) groups is 1. The summed E-state index contributed by atoms with van der Waals surface area (Å²) in [6.07, 6.45) is 5.48. The standard InChI is InChI=1S/C19H25NO3/c1-4-22-16-7-6-14(12-17(16)23-5-2)19-9-8-15(21)13-18(19)20(3)11-10-19/h6-9,12,18H,4-5,10-11,13H2,1-3H3/t18-,19-/m0/s1. The van der Waals surface area contributed by atoms with Crippen molar-refractivity contribution in [3.8, 4) is 11.5 Å². The smallest absolute Gasteiger partial charge is 0.161 e. The number of nitrogens with zero attached hydrogens (tertiary/aromatic N) is 1. The molecule has 0 amide bonds. The summed E-state index contributed by atoms with van der Waals surface area (Å²) in [6, 6.07) is 6.45. The molecule has 0 N–H and O–H groups in total. The van der Waals surface area contributed by atoms with Crippen LogP contribution in [0.3, 0.4) is 0 Å². The lowest BCUT2D eigenvalue weighted by Crippen LogP contribution is -2.43. The third-order valence-corrected chi connectivity index (χ3v) is 5.05. The van der Waals surface area contributed by atoms with Gasteiger partial charge in [-0.1, -0.05) is 12.1 Å². The zero-order valence-corrected chi connectivity index (χ0v) is 14.2. The van der Waals surface area contributed by atoms with Crippen LogP contribution in [0.5, 0.6) is 11.5 Å². The van der Waals surface area contributed by atoms with Crippen LogP contribution in [-0.4, -0.2) is 43.5 Å². The van der Waals surface area contributed by atoms with Gasteiger partial charge in [0.2, 0.25) is 0 Å². The zero-order chi connectivity index (χ0) is 16.4. The molecule has 2 aliphatic rings. The summed E-state index contributed by atoms with van der Waals surface area (Å²) in [4.78, 5) is 14.2. The SMILES string of the molecule is CCOc1ccc([C@@]23C=CC(=O)C[C@@H]2N(C)CC3)cc1OCC. The molecule has 0 aromatic heterocycles. The second-order valence-electron chi connectivity index (χ2n) is 6.32. The summed E-state index contributed by atoms with van der Waals surface area (Å²) >= 11 is 0. The van der Waals surface area contributed by atoms with Crippen molar-refractivity contribution in [2.24, 2.45) is 0 Å². The van der Waals surface area contributed by atoms with E-state index in [0.29, 0.717) is 19.6 Å². The fraction of sp³-hybridized carbons (Fsp3) is 0.526. The van der Waals surface area contributed by atoms with Crippen molar-refractivity contribution in [3.63, 3.8) is 0 Å². The fourth-order valence-corrected chi connectivity index (χ4v) is 3.88. The third kappa shape index (κ3) is 2.76. The van der Waals surface area contributed by atoms with Gasteiger partial charge in [0.15, 0.2) is 17.3 Å². The molecule has 1 aliphatic heterocycles. The van der Waals surface area contributed by atoms with E-state index in [0.717, 1.165) is 24.5 Å². The van der Waals surface area contributed by atoms with Crippen LogP contribution in [0.2, 0.25) is 0 Å². The van der Waals surface area contributed by atoms with E-state index in [1.165, 1.54) is 5.56 Å². The summed E-state index contributed by atoms with van der Waals surface area (Å²) in [7, 11) is 2.11. The second-order valence-corrected chi connectivity index (χ2v) is 6.32. The summed E-state index contributed by atoms with van der Waals surface area (Å²) < 4.78 is 11.5. The van der Waals surface area contributed by atoms with Gasteiger partial charge in [0.25, 0.3) is 0 Å². The maximum atomic E-state index is 11.9. The molecule has 0 bridgehead atoms. The predicted octanol–water partition coefficient (Wildman–Crippen LogP) is 2.95. The maximum absolute atomic E-state index is 11.9. The zero-order valence-electron chi connectivity index (χ0n) is 14.2. The summed E-state index contributed by atoms with van der Waals surface area (Å²) in [6.45, 7) is 6.17. The molecule has 1 aromatic carbocycles. The van der Waals surface area contributed by atoms with Gasteiger partial charge < -0.3 is 14.4 Å². The highest BCUT2D eigenvalue weighted by molar-refractivity contribution is 5.92. The minimum atomic E-state index is -0.0980. The van der Waals surface area contributed by atoms with Gasteiger partial charge >= 0.3 is 0 Å². The van der Waals surface area contributed by atoms with Crippen LogP contribution in [0.1, 0.15) is 32.3 Å². The molecule has 4 nitrogen and oxygen atoms in total. The number of likely N-dealkylation sites (N-methyl/N-ethyl adjacent to an activating group) is 1. The van der Waals surface area contributed by atoms with Gasteiger partial charge in [-0.15, -0.1) is 0 Å². The lowest BCUT2D eigenvalue weighted by atomic mass is 9.69. The Morgan fingerprint density at radius 1 is 1.22 bits per heavy atom. The lowest BCUT2D eigenvalue weighted by molar-refractivity contribution is -0.116. The van der Waals surface area contributed by atoms with Gasteiger partial charge in [0.05, 0.1) is 13.2 Å². The molecule has 124 valence electrons. The van der Waals surface area contributed by atoms with Gasteiger partial charge in [-0.2, -0.15) is 0 Å². The van der Waals surface area contributed by atoms with E-state index in [2.05, 4.69) is 30.2 Å². The Bertz CT molecular complexity index is 625. The van der Waals surface area contributed by atoms with Crippen LogP contribution in [0.25, 0.3) is 0 Å². The van der Waals surface area contributed by atoms with E-state index in [1.54, 1.807) is 6.08 Å². The molecule has 3 rings (SSSR count). The second kappa shape index (κ2) is 6.36. The number of hydrogen-bond donors (Lipinski definition) is 0. The van der Waals surface area contributed by atoms with Crippen LogP contribution in [0.15, 0.2) is 30.4 Å². The maximum Gasteiger partial charge on any atom is 0.161 e. The van der Waals surface area contributed by atoms with E-state index in [1.807, 2.05) is 19.9 Å². The van der Waals surface area contributed by atoms with Crippen molar-refractivity contribution >= 4 is 5.78 Å². The molecule has 1 aromatic rings. The Labute approximate surface area is 138 Å². The Morgan fingerprint density at radius 3 is 2.70 bits per heavy atom. The number of ketones is 1. The molecule has 4 heteroatoms. The Balaban J connectivity index is 2.04. The van der Waals surface area contributed by atoms with Gasteiger partial charge in [-0.05, 0) is 57.6 Å². The molecule has 0 spiro atoms. The number of ether oxygens (including phenoxy) is 2. The van der Waals surface area contributed by atoms with Crippen LogP contribution in [0.4, 0.5) is 0 Å². The van der Waals surface area contributed by atoms with E-state index < -0.39 is 0 Å². The van der Waals surface area contributed by atoms with Crippen LogP contribution >= 0.6 is 0 Å². The largest absolute Gasteiger partial charge is 0.490 e. The van der Waals surface area contributed by atoms with E-state index in [4.69, 9.17) is 9.47 Å². The van der Waals surface area contributed by atoms with Crippen molar-refractivity contribution in [3.05, 3.63) is 35.9 Å². The first kappa shape index (κ1) is 16.1. The fourth-order valence-electron chi connectivity index (χ4n) is 3.88. The first-order chi connectivity index (χ1) is 11.1. The summed E-state index contributed by atoms with van der Waals surface area (Å²) in [5.74, 6) is 1.79. The molecule has 1 heterocycles. The lowest BCUT2D eigenvalue weighted by Gasteiger charge is -2.37. The Kier molecular flexibility index (Phi) is 4.44. The number of fused-ring (bicyclic) bond motifs is 1. The minimum absolute atomic E-state index is 0.0980. The summed E-state index contributed by atoms with van der Waals surface area (Å²) in [5, 5.41) is 0. The highest BCUT2D eigenvalue weighted by Crippen LogP contribution is 2.46. The number of hydrogen-bond acceptors (Lipinski definition) is 4. The van der Waals surface area contributed by atoms with Crippen LogP contribution in [-0.2, 0) is 10.2 Å². The Morgan fingerprint density at radius 2 is 1.96 bits per heavy atom. The molecule has 0 unspecified atom stereocenters. The number of carbonyl (C=O) groups excluding carboxylic acids is 1. The molecular weight excluding hydrogens is 290 g/mol. The Hall–Kier alpha value is -1.81. The number of likely N-dealkylation sites (tertiary alicyclic amines) is 1. The highest BCUT2D eigenvalue weighted by atomic mass is 16.5. The molecule has 1 saturated heterocycles. The quantitative estimate of drug-likeness (QED) is 0.837. The van der Waals surface area contributed by atoms with E-state index in [-0.39, 0.29) is 17.2 Å². The normalized spacial score (nSPS) is 27.1. The monoisotopic (exact) mass is 315 g/mol. The van der Waals surface area contributed by atoms with Crippen LogP contribution < -0.4 is 9.47 Å². The minimum Gasteiger partial charge on any atom is -0.490 e. The number of rotatable bonds is 5. The van der Waals surface area contributed by atoms with Crippen molar-refractivity contribution in [1.82, 2.24) is 4.90 Å².